The molecule has 0 bridgehead atoms. The molecule has 0 amide bonds. The van der Waals surface area contributed by atoms with Crippen LogP contribution in [0.2, 0.25) is 0 Å². The topological polar surface area (TPSA) is 62.6 Å². The number of pyridine rings is 1. The van der Waals surface area contributed by atoms with Crippen LogP contribution in [0.1, 0.15) is 22.5 Å². The van der Waals surface area contributed by atoms with Gasteiger partial charge in [-0.15, -0.1) is 0 Å². The second-order valence-corrected chi connectivity index (χ2v) is 3.10. The lowest BCUT2D eigenvalue weighted by Gasteiger charge is -2.14. The molecule has 0 radical (unpaired) electrons. The van der Waals surface area contributed by atoms with Crippen molar-refractivity contribution < 1.29 is 14.9 Å². The number of hydrogen-bond acceptors (Lipinski definition) is 4. The molecule has 0 aliphatic carbocycles. The SMILES string of the molecule is COc1c(C)c(CO)nc(CO)c1C. The highest BCUT2D eigenvalue weighted by Gasteiger charge is 2.13. The van der Waals surface area contributed by atoms with Crippen molar-refractivity contribution in [1.82, 2.24) is 4.98 Å². The highest BCUT2D eigenvalue weighted by atomic mass is 16.5. The molecule has 0 aliphatic heterocycles. The van der Waals surface area contributed by atoms with Gasteiger partial charge in [0.1, 0.15) is 5.75 Å². The normalized spacial score (nSPS) is 10.4. The third kappa shape index (κ3) is 1.71. The van der Waals surface area contributed by atoms with E-state index < -0.39 is 0 Å². The lowest BCUT2D eigenvalue weighted by Crippen LogP contribution is -2.05. The van der Waals surface area contributed by atoms with Gasteiger partial charge >= 0.3 is 0 Å². The summed E-state index contributed by atoms with van der Waals surface area (Å²) in [7, 11) is 1.57. The number of rotatable bonds is 3. The maximum atomic E-state index is 9.05. The molecule has 0 saturated heterocycles. The summed E-state index contributed by atoms with van der Waals surface area (Å²) in [4.78, 5) is 4.14. The van der Waals surface area contributed by atoms with E-state index >= 15 is 0 Å². The van der Waals surface area contributed by atoms with Crippen LogP contribution in [0.4, 0.5) is 0 Å². The standard InChI is InChI=1S/C10H15NO3/c1-6-8(4-12)11-9(5-13)7(2)10(6)14-3/h12-13H,4-5H2,1-3H3. The Morgan fingerprint density at radius 2 is 1.50 bits per heavy atom. The van der Waals surface area contributed by atoms with E-state index in [4.69, 9.17) is 14.9 Å². The van der Waals surface area contributed by atoms with E-state index in [1.54, 1.807) is 7.11 Å². The number of nitrogens with zero attached hydrogens (tertiary/aromatic N) is 1. The van der Waals surface area contributed by atoms with Crippen LogP contribution >= 0.6 is 0 Å². The fourth-order valence-electron chi connectivity index (χ4n) is 1.49. The van der Waals surface area contributed by atoms with E-state index in [0.29, 0.717) is 17.1 Å². The van der Waals surface area contributed by atoms with E-state index in [1.807, 2.05) is 13.8 Å². The van der Waals surface area contributed by atoms with Crippen LogP contribution in [0.15, 0.2) is 0 Å². The molecular weight excluding hydrogens is 182 g/mol. The molecule has 4 heteroatoms. The second kappa shape index (κ2) is 4.39. The molecular formula is C10H15NO3. The Morgan fingerprint density at radius 3 is 1.79 bits per heavy atom. The molecule has 0 saturated carbocycles. The largest absolute Gasteiger partial charge is 0.496 e. The van der Waals surface area contributed by atoms with Gasteiger partial charge in [-0.2, -0.15) is 0 Å². The van der Waals surface area contributed by atoms with Crippen LogP contribution < -0.4 is 4.74 Å². The average molecular weight is 197 g/mol. The number of aliphatic hydroxyl groups is 2. The van der Waals surface area contributed by atoms with Crippen LogP contribution in [-0.2, 0) is 13.2 Å². The van der Waals surface area contributed by atoms with Crippen LogP contribution in [0.5, 0.6) is 5.75 Å². The van der Waals surface area contributed by atoms with Crippen LogP contribution in [0.25, 0.3) is 0 Å². The Labute approximate surface area is 83.2 Å². The molecule has 0 atom stereocenters. The highest BCUT2D eigenvalue weighted by molar-refractivity contribution is 5.44. The van der Waals surface area contributed by atoms with Gasteiger partial charge in [-0.1, -0.05) is 0 Å². The van der Waals surface area contributed by atoms with Crippen molar-refractivity contribution in [3.8, 4) is 5.75 Å². The van der Waals surface area contributed by atoms with Gasteiger partial charge in [-0.05, 0) is 13.8 Å². The Balaban J connectivity index is 3.39. The summed E-state index contributed by atoms with van der Waals surface area (Å²) in [5.74, 6) is 0.688. The van der Waals surface area contributed by atoms with Crippen molar-refractivity contribution >= 4 is 0 Å². The summed E-state index contributed by atoms with van der Waals surface area (Å²) in [6.07, 6.45) is 0. The van der Waals surface area contributed by atoms with Crippen molar-refractivity contribution in [2.24, 2.45) is 0 Å². The van der Waals surface area contributed by atoms with Crippen molar-refractivity contribution in [1.29, 1.82) is 0 Å². The molecule has 0 aromatic carbocycles. The zero-order valence-corrected chi connectivity index (χ0v) is 8.66. The first kappa shape index (κ1) is 10.9. The third-order valence-corrected chi connectivity index (χ3v) is 2.32. The van der Waals surface area contributed by atoms with Gasteiger partial charge < -0.3 is 14.9 Å². The van der Waals surface area contributed by atoms with Gasteiger partial charge in [0.05, 0.1) is 31.7 Å². The molecule has 2 N–H and O–H groups in total. The molecule has 0 aliphatic rings. The predicted molar refractivity (Wildman–Crippen MR) is 52.1 cm³/mol. The first-order chi connectivity index (χ1) is 6.65. The van der Waals surface area contributed by atoms with Gasteiger partial charge in [0.25, 0.3) is 0 Å². The summed E-state index contributed by atoms with van der Waals surface area (Å²) in [5.41, 5.74) is 2.75. The average Bonchev–Trinajstić information content (AvgIpc) is 2.19. The molecule has 1 aromatic rings. The monoisotopic (exact) mass is 197 g/mol. The zero-order valence-electron chi connectivity index (χ0n) is 8.66. The Hall–Kier alpha value is -1.13. The molecule has 1 aromatic heterocycles. The van der Waals surface area contributed by atoms with Gasteiger partial charge in [0.15, 0.2) is 0 Å². The fraction of sp³-hybridized carbons (Fsp3) is 0.500. The summed E-state index contributed by atoms with van der Waals surface area (Å²) in [6, 6.07) is 0. The Morgan fingerprint density at radius 1 is 1.07 bits per heavy atom. The lowest BCUT2D eigenvalue weighted by atomic mass is 10.1. The maximum Gasteiger partial charge on any atom is 0.128 e. The number of hydrogen-bond donors (Lipinski definition) is 2. The Kier molecular flexibility index (Phi) is 3.43. The Bertz CT molecular complexity index is 308. The summed E-state index contributed by atoms with van der Waals surface area (Å²) < 4.78 is 5.20. The van der Waals surface area contributed by atoms with Crippen molar-refractivity contribution in [3.63, 3.8) is 0 Å². The van der Waals surface area contributed by atoms with Gasteiger partial charge in [-0.3, -0.25) is 4.98 Å². The van der Waals surface area contributed by atoms with Gasteiger partial charge in [0.2, 0.25) is 0 Å². The van der Waals surface area contributed by atoms with E-state index in [-0.39, 0.29) is 13.2 Å². The van der Waals surface area contributed by atoms with Crippen LogP contribution in [0, 0.1) is 13.8 Å². The highest BCUT2D eigenvalue weighted by Crippen LogP contribution is 2.27. The van der Waals surface area contributed by atoms with E-state index in [0.717, 1.165) is 11.1 Å². The number of aromatic nitrogens is 1. The molecule has 0 unspecified atom stereocenters. The molecule has 4 nitrogen and oxygen atoms in total. The van der Waals surface area contributed by atoms with Crippen LogP contribution in [-0.4, -0.2) is 22.3 Å². The fourth-order valence-corrected chi connectivity index (χ4v) is 1.49. The summed E-state index contributed by atoms with van der Waals surface area (Å²) in [5, 5.41) is 18.1. The molecule has 78 valence electrons. The first-order valence-corrected chi connectivity index (χ1v) is 4.40. The van der Waals surface area contributed by atoms with Crippen molar-refractivity contribution in [2.75, 3.05) is 7.11 Å². The van der Waals surface area contributed by atoms with Gasteiger partial charge in [-0.25, -0.2) is 0 Å². The van der Waals surface area contributed by atoms with E-state index in [1.165, 1.54) is 0 Å². The van der Waals surface area contributed by atoms with E-state index in [9.17, 15) is 0 Å². The third-order valence-electron chi connectivity index (χ3n) is 2.32. The smallest absolute Gasteiger partial charge is 0.128 e. The summed E-state index contributed by atoms with van der Waals surface area (Å²) >= 11 is 0. The maximum absolute atomic E-state index is 9.05. The lowest BCUT2D eigenvalue weighted by molar-refractivity contribution is 0.262. The number of methoxy groups -OCH3 is 1. The number of aliphatic hydroxyl groups excluding tert-OH is 2. The predicted octanol–water partition coefficient (Wildman–Crippen LogP) is 0.692. The molecule has 14 heavy (non-hydrogen) atoms. The molecule has 0 fully saturated rings. The first-order valence-electron chi connectivity index (χ1n) is 4.40. The minimum Gasteiger partial charge on any atom is -0.496 e. The minimum absolute atomic E-state index is 0.143. The van der Waals surface area contributed by atoms with Crippen molar-refractivity contribution in [3.05, 3.63) is 22.5 Å². The quantitative estimate of drug-likeness (QED) is 0.748. The molecule has 1 rings (SSSR count). The molecule has 1 heterocycles. The zero-order chi connectivity index (χ0) is 10.7. The summed E-state index contributed by atoms with van der Waals surface area (Å²) in [6.45, 7) is 3.39. The minimum atomic E-state index is -0.143. The second-order valence-electron chi connectivity index (χ2n) is 3.10. The molecule has 0 spiro atoms. The number of ether oxygens (including phenoxy) is 1. The van der Waals surface area contributed by atoms with Gasteiger partial charge in [0, 0.05) is 11.1 Å². The van der Waals surface area contributed by atoms with E-state index in [2.05, 4.69) is 4.98 Å². The van der Waals surface area contributed by atoms with Crippen LogP contribution in [0.3, 0.4) is 0 Å². The van der Waals surface area contributed by atoms with Crippen molar-refractivity contribution in [2.45, 2.75) is 27.1 Å².